The molecule has 22 heavy (non-hydrogen) atoms. The van der Waals surface area contributed by atoms with Crippen molar-refractivity contribution in [3.8, 4) is 17.2 Å². The van der Waals surface area contributed by atoms with Crippen molar-refractivity contribution in [2.75, 3.05) is 7.11 Å². The Morgan fingerprint density at radius 2 is 2.00 bits per heavy atom. The van der Waals surface area contributed by atoms with E-state index < -0.39 is 0 Å². The van der Waals surface area contributed by atoms with E-state index in [2.05, 4.69) is 25.4 Å². The van der Waals surface area contributed by atoms with Crippen LogP contribution in [0.25, 0.3) is 11.5 Å². The van der Waals surface area contributed by atoms with Gasteiger partial charge in [-0.05, 0) is 38.1 Å². The van der Waals surface area contributed by atoms with Gasteiger partial charge in [0.1, 0.15) is 11.6 Å². The fourth-order valence-electron chi connectivity index (χ4n) is 1.83. The van der Waals surface area contributed by atoms with Gasteiger partial charge in [0.25, 0.3) is 0 Å². The summed E-state index contributed by atoms with van der Waals surface area (Å²) in [5.41, 5.74) is 0.852. The molecule has 2 aromatic heterocycles. The zero-order chi connectivity index (χ0) is 15.5. The summed E-state index contributed by atoms with van der Waals surface area (Å²) in [7, 11) is 1.63. The highest BCUT2D eigenvalue weighted by molar-refractivity contribution is 7.99. The highest BCUT2D eigenvalue weighted by Gasteiger charge is 2.18. The molecule has 1 aromatic carbocycles. The van der Waals surface area contributed by atoms with E-state index >= 15 is 0 Å². The summed E-state index contributed by atoms with van der Waals surface area (Å²) in [4.78, 5) is 4.25. The zero-order valence-corrected chi connectivity index (χ0v) is 13.2. The first-order valence-electron chi connectivity index (χ1n) is 6.69. The Kier molecular flexibility index (Phi) is 4.10. The second-order valence-corrected chi connectivity index (χ2v) is 5.95. The van der Waals surface area contributed by atoms with E-state index in [4.69, 9.17) is 9.15 Å². The van der Waals surface area contributed by atoms with E-state index in [1.54, 1.807) is 7.11 Å². The number of H-pyrrole nitrogens is 1. The van der Waals surface area contributed by atoms with Crippen LogP contribution in [0, 0.1) is 6.92 Å². The molecule has 0 bridgehead atoms. The summed E-state index contributed by atoms with van der Waals surface area (Å²) >= 11 is 1.46. The number of rotatable bonds is 5. The van der Waals surface area contributed by atoms with E-state index in [1.165, 1.54) is 11.8 Å². The molecule has 3 rings (SSSR count). The van der Waals surface area contributed by atoms with Gasteiger partial charge in [0.15, 0.2) is 0 Å². The molecule has 3 aromatic rings. The van der Waals surface area contributed by atoms with Crippen molar-refractivity contribution in [2.45, 2.75) is 24.3 Å². The molecular weight excluding hydrogens is 302 g/mol. The van der Waals surface area contributed by atoms with Crippen LogP contribution in [0.5, 0.6) is 5.75 Å². The zero-order valence-electron chi connectivity index (χ0n) is 12.4. The lowest BCUT2D eigenvalue weighted by Crippen LogP contribution is -1.89. The summed E-state index contributed by atoms with van der Waals surface area (Å²) in [6.45, 7) is 3.83. The van der Waals surface area contributed by atoms with Crippen molar-refractivity contribution in [3.05, 3.63) is 36.0 Å². The minimum absolute atomic E-state index is 0.0327. The third kappa shape index (κ3) is 3.11. The largest absolute Gasteiger partial charge is 0.497 e. The number of methoxy groups -OCH3 is 1. The lowest BCUT2D eigenvalue weighted by molar-refractivity contribution is 0.415. The predicted octanol–water partition coefficient (Wildman–Crippen LogP) is 3.03. The molecule has 0 saturated heterocycles. The molecular formula is C14H15N5O2S. The number of nitrogens with zero attached hydrogens (tertiary/aromatic N) is 4. The van der Waals surface area contributed by atoms with Crippen molar-refractivity contribution in [1.29, 1.82) is 0 Å². The average molecular weight is 317 g/mol. The Morgan fingerprint density at radius 3 is 2.64 bits per heavy atom. The molecule has 1 atom stereocenters. The van der Waals surface area contributed by atoms with Crippen LogP contribution in [0.4, 0.5) is 0 Å². The number of benzene rings is 1. The highest BCUT2D eigenvalue weighted by atomic mass is 32.2. The monoisotopic (exact) mass is 317 g/mol. The first kappa shape index (κ1) is 14.6. The number of aromatic nitrogens is 5. The van der Waals surface area contributed by atoms with Gasteiger partial charge in [0.2, 0.25) is 16.9 Å². The van der Waals surface area contributed by atoms with Crippen LogP contribution in [0.2, 0.25) is 0 Å². The van der Waals surface area contributed by atoms with Crippen LogP contribution >= 0.6 is 11.8 Å². The number of aryl methyl sites for hydroxylation is 1. The number of hydrogen-bond acceptors (Lipinski definition) is 7. The Labute approximate surface area is 131 Å². The van der Waals surface area contributed by atoms with Crippen molar-refractivity contribution >= 4 is 11.8 Å². The molecule has 2 heterocycles. The molecule has 1 N–H and O–H groups in total. The Morgan fingerprint density at radius 1 is 1.23 bits per heavy atom. The van der Waals surface area contributed by atoms with Gasteiger partial charge in [-0.3, -0.25) is 5.10 Å². The fraction of sp³-hybridized carbons (Fsp3) is 0.286. The minimum Gasteiger partial charge on any atom is -0.497 e. The Hall–Kier alpha value is -2.35. The maximum absolute atomic E-state index is 5.73. The first-order chi connectivity index (χ1) is 10.7. The van der Waals surface area contributed by atoms with E-state index in [0.29, 0.717) is 16.9 Å². The molecule has 0 radical (unpaired) electrons. The number of ether oxygens (including phenoxy) is 1. The summed E-state index contributed by atoms with van der Waals surface area (Å²) in [5.74, 6) is 2.58. The number of hydrogen-bond donors (Lipinski definition) is 1. The standard InChI is InChI=1S/C14H15N5O2S/c1-8(22-14-15-9(2)16-19-14)12-17-18-13(21-12)10-4-6-11(20-3)7-5-10/h4-8H,1-3H3,(H,15,16,19). The van der Waals surface area contributed by atoms with Crippen molar-refractivity contribution in [2.24, 2.45) is 0 Å². The van der Waals surface area contributed by atoms with Crippen LogP contribution in [-0.4, -0.2) is 32.5 Å². The van der Waals surface area contributed by atoms with Gasteiger partial charge in [-0.15, -0.1) is 15.3 Å². The molecule has 0 aliphatic heterocycles. The van der Waals surface area contributed by atoms with Gasteiger partial charge in [-0.25, -0.2) is 4.98 Å². The van der Waals surface area contributed by atoms with Crippen molar-refractivity contribution in [1.82, 2.24) is 25.4 Å². The summed E-state index contributed by atoms with van der Waals surface area (Å²) in [6, 6.07) is 7.47. The quantitative estimate of drug-likeness (QED) is 0.723. The van der Waals surface area contributed by atoms with Gasteiger partial charge in [-0.1, -0.05) is 11.8 Å². The van der Waals surface area contributed by atoms with Crippen LogP contribution in [0.3, 0.4) is 0 Å². The Balaban J connectivity index is 1.74. The van der Waals surface area contributed by atoms with E-state index in [1.807, 2.05) is 38.1 Å². The molecule has 8 heteroatoms. The number of nitrogens with one attached hydrogen (secondary N) is 1. The first-order valence-corrected chi connectivity index (χ1v) is 7.57. The smallest absolute Gasteiger partial charge is 0.247 e. The minimum atomic E-state index is -0.0327. The second kappa shape index (κ2) is 6.18. The second-order valence-electron chi connectivity index (χ2n) is 4.64. The lowest BCUT2D eigenvalue weighted by Gasteiger charge is -2.02. The highest BCUT2D eigenvalue weighted by Crippen LogP contribution is 2.33. The molecule has 0 saturated carbocycles. The van der Waals surface area contributed by atoms with Crippen molar-refractivity contribution < 1.29 is 9.15 Å². The topological polar surface area (TPSA) is 89.7 Å². The summed E-state index contributed by atoms with van der Waals surface area (Å²) in [6.07, 6.45) is 0. The van der Waals surface area contributed by atoms with Crippen LogP contribution < -0.4 is 4.74 Å². The molecule has 0 fully saturated rings. The molecule has 7 nitrogen and oxygen atoms in total. The molecule has 0 aliphatic carbocycles. The molecule has 0 aliphatic rings. The maximum atomic E-state index is 5.73. The van der Waals surface area contributed by atoms with Gasteiger partial charge in [0, 0.05) is 5.56 Å². The molecule has 0 amide bonds. The van der Waals surface area contributed by atoms with Gasteiger partial charge < -0.3 is 9.15 Å². The molecule has 114 valence electrons. The van der Waals surface area contributed by atoms with Crippen LogP contribution in [-0.2, 0) is 0 Å². The van der Waals surface area contributed by atoms with E-state index in [-0.39, 0.29) is 5.25 Å². The van der Waals surface area contributed by atoms with Crippen LogP contribution in [0.15, 0.2) is 33.8 Å². The number of aromatic amines is 1. The SMILES string of the molecule is COc1ccc(-c2nnc(C(C)Sc3n[nH]c(C)n3)o2)cc1. The predicted molar refractivity (Wildman–Crippen MR) is 81.7 cm³/mol. The van der Waals surface area contributed by atoms with Gasteiger partial charge >= 0.3 is 0 Å². The third-order valence-electron chi connectivity index (χ3n) is 2.98. The fourth-order valence-corrected chi connectivity index (χ4v) is 2.63. The van der Waals surface area contributed by atoms with Gasteiger partial charge in [0.05, 0.1) is 12.4 Å². The molecule has 0 spiro atoms. The summed E-state index contributed by atoms with van der Waals surface area (Å²) in [5, 5.41) is 15.7. The van der Waals surface area contributed by atoms with Gasteiger partial charge in [-0.2, -0.15) is 0 Å². The van der Waals surface area contributed by atoms with Crippen molar-refractivity contribution in [3.63, 3.8) is 0 Å². The average Bonchev–Trinajstić information content (AvgIpc) is 3.17. The normalized spacial score (nSPS) is 12.3. The Bertz CT molecular complexity index is 753. The molecule has 1 unspecified atom stereocenters. The van der Waals surface area contributed by atoms with E-state index in [0.717, 1.165) is 17.1 Å². The summed E-state index contributed by atoms with van der Waals surface area (Å²) < 4.78 is 10.9. The lowest BCUT2D eigenvalue weighted by atomic mass is 10.2. The maximum Gasteiger partial charge on any atom is 0.247 e. The van der Waals surface area contributed by atoms with E-state index in [9.17, 15) is 0 Å². The van der Waals surface area contributed by atoms with Crippen LogP contribution in [0.1, 0.15) is 23.9 Å². The third-order valence-corrected chi connectivity index (χ3v) is 3.93. The number of thioether (sulfide) groups is 1.